The molecule has 0 spiro atoms. The zero-order chi connectivity index (χ0) is 10.4. The average molecular weight is 191 g/mol. The van der Waals surface area contributed by atoms with Crippen LogP contribution in [0.4, 0.5) is 0 Å². The Morgan fingerprint density at radius 2 is 2.64 bits per heavy atom. The zero-order valence-corrected chi connectivity index (χ0v) is 8.08. The summed E-state index contributed by atoms with van der Waals surface area (Å²) in [5, 5.41) is 9.11. The molecule has 0 aliphatic rings. The van der Waals surface area contributed by atoms with Gasteiger partial charge in [0.15, 0.2) is 0 Å². The molecule has 0 aromatic carbocycles. The van der Waals surface area contributed by atoms with Crippen LogP contribution < -0.4 is 5.32 Å². The summed E-state index contributed by atoms with van der Waals surface area (Å²) in [6.45, 7) is 1.98. The van der Waals surface area contributed by atoms with Gasteiger partial charge in [-0.25, -0.2) is 0 Å². The van der Waals surface area contributed by atoms with Crippen molar-refractivity contribution in [3.05, 3.63) is 18.0 Å². The van der Waals surface area contributed by atoms with Gasteiger partial charge in [-0.3, -0.25) is 9.89 Å². The van der Waals surface area contributed by atoms with Crippen LogP contribution in [-0.4, -0.2) is 22.1 Å². The number of aromatic amines is 1. The van der Waals surface area contributed by atoms with E-state index < -0.39 is 0 Å². The van der Waals surface area contributed by atoms with E-state index in [4.69, 9.17) is 6.42 Å². The van der Waals surface area contributed by atoms with Crippen molar-refractivity contribution in [2.24, 2.45) is 0 Å². The lowest BCUT2D eigenvalue weighted by Gasteiger charge is -2.12. The van der Waals surface area contributed by atoms with E-state index in [1.807, 2.05) is 6.92 Å². The van der Waals surface area contributed by atoms with E-state index in [1.165, 1.54) is 6.20 Å². The van der Waals surface area contributed by atoms with E-state index in [1.54, 1.807) is 6.20 Å². The van der Waals surface area contributed by atoms with Crippen LogP contribution in [0.25, 0.3) is 0 Å². The molecule has 0 saturated heterocycles. The van der Waals surface area contributed by atoms with Gasteiger partial charge < -0.3 is 5.32 Å². The van der Waals surface area contributed by atoms with Crippen molar-refractivity contribution >= 4 is 5.91 Å². The van der Waals surface area contributed by atoms with Crippen LogP contribution in [0.1, 0.15) is 30.1 Å². The number of carbonyl (C=O) groups excluding carboxylic acids is 1. The minimum absolute atomic E-state index is 0.0439. The van der Waals surface area contributed by atoms with Crippen LogP contribution in [0.3, 0.4) is 0 Å². The molecule has 2 N–H and O–H groups in total. The summed E-state index contributed by atoms with van der Waals surface area (Å²) in [4.78, 5) is 11.5. The van der Waals surface area contributed by atoms with Crippen molar-refractivity contribution in [3.63, 3.8) is 0 Å². The van der Waals surface area contributed by atoms with Crippen LogP contribution in [0.15, 0.2) is 12.4 Å². The Kier molecular flexibility index (Phi) is 3.74. The lowest BCUT2D eigenvalue weighted by Crippen LogP contribution is -2.33. The number of carbonyl (C=O) groups is 1. The van der Waals surface area contributed by atoms with Crippen molar-refractivity contribution in [2.45, 2.75) is 25.8 Å². The average Bonchev–Trinajstić information content (AvgIpc) is 2.69. The Labute approximate surface area is 83.1 Å². The number of H-pyrrole nitrogens is 1. The fourth-order valence-corrected chi connectivity index (χ4v) is 1.08. The predicted molar refractivity (Wildman–Crippen MR) is 53.6 cm³/mol. The van der Waals surface area contributed by atoms with Gasteiger partial charge in [-0.05, 0) is 6.42 Å². The Hall–Kier alpha value is -1.76. The molecule has 1 rings (SSSR count). The van der Waals surface area contributed by atoms with Gasteiger partial charge in [0, 0.05) is 18.7 Å². The number of nitrogens with zero attached hydrogens (tertiary/aromatic N) is 1. The summed E-state index contributed by atoms with van der Waals surface area (Å²) in [6, 6.07) is 0.0439. The van der Waals surface area contributed by atoms with Gasteiger partial charge in [0.05, 0.1) is 11.8 Å². The van der Waals surface area contributed by atoms with E-state index in [9.17, 15) is 4.79 Å². The van der Waals surface area contributed by atoms with E-state index >= 15 is 0 Å². The highest BCUT2D eigenvalue weighted by Gasteiger charge is 2.11. The molecule has 0 bridgehead atoms. The highest BCUT2D eigenvalue weighted by Crippen LogP contribution is 1.99. The third-order valence-electron chi connectivity index (χ3n) is 1.95. The Morgan fingerprint density at radius 3 is 3.14 bits per heavy atom. The summed E-state index contributed by atoms with van der Waals surface area (Å²) < 4.78 is 0. The van der Waals surface area contributed by atoms with Crippen LogP contribution in [0, 0.1) is 12.3 Å². The molecular formula is C10H13N3O. The Morgan fingerprint density at radius 1 is 1.86 bits per heavy atom. The molecule has 0 aliphatic carbocycles. The summed E-state index contributed by atoms with van der Waals surface area (Å²) in [6.07, 6.45) is 9.60. The van der Waals surface area contributed by atoms with Crippen LogP contribution >= 0.6 is 0 Å². The number of aromatic nitrogens is 2. The van der Waals surface area contributed by atoms with Gasteiger partial charge in [-0.1, -0.05) is 6.92 Å². The van der Waals surface area contributed by atoms with Crippen molar-refractivity contribution in [3.8, 4) is 12.3 Å². The highest BCUT2D eigenvalue weighted by molar-refractivity contribution is 5.93. The molecule has 1 aromatic rings. The zero-order valence-electron chi connectivity index (χ0n) is 8.08. The maximum absolute atomic E-state index is 11.5. The molecule has 1 aromatic heterocycles. The van der Waals surface area contributed by atoms with Crippen molar-refractivity contribution < 1.29 is 4.79 Å². The first-order valence-electron chi connectivity index (χ1n) is 4.51. The molecule has 0 aliphatic heterocycles. The summed E-state index contributed by atoms with van der Waals surface area (Å²) in [5.41, 5.74) is 0.528. The van der Waals surface area contributed by atoms with Gasteiger partial charge in [0.2, 0.25) is 0 Å². The minimum Gasteiger partial charge on any atom is -0.348 e. The molecule has 4 nitrogen and oxygen atoms in total. The molecule has 1 amide bonds. The number of terminal acetylenes is 1. The van der Waals surface area contributed by atoms with Crippen molar-refractivity contribution in [1.29, 1.82) is 0 Å². The molecule has 1 atom stereocenters. The van der Waals surface area contributed by atoms with E-state index in [2.05, 4.69) is 21.4 Å². The maximum atomic E-state index is 11.5. The van der Waals surface area contributed by atoms with E-state index in [0.717, 1.165) is 6.42 Å². The standard InChI is InChI=1S/C10H13N3O/c1-3-5-9(4-2)13-10(14)8-6-11-12-7-8/h1,6-7,9H,4-5H2,2H3,(H,11,12)(H,13,14). The number of nitrogens with one attached hydrogen (secondary N) is 2. The Bertz CT molecular complexity index is 324. The van der Waals surface area contributed by atoms with Gasteiger partial charge in [-0.15, -0.1) is 12.3 Å². The molecule has 1 unspecified atom stereocenters. The molecule has 14 heavy (non-hydrogen) atoms. The predicted octanol–water partition coefficient (Wildman–Crippen LogP) is 0.941. The Balaban J connectivity index is 2.52. The van der Waals surface area contributed by atoms with Gasteiger partial charge in [0.1, 0.15) is 0 Å². The number of rotatable bonds is 4. The first-order chi connectivity index (χ1) is 6.77. The smallest absolute Gasteiger partial charge is 0.254 e. The third kappa shape index (κ3) is 2.63. The second-order valence-electron chi connectivity index (χ2n) is 2.97. The van der Waals surface area contributed by atoms with Gasteiger partial charge in [-0.2, -0.15) is 5.10 Å². The first-order valence-corrected chi connectivity index (χ1v) is 4.51. The third-order valence-corrected chi connectivity index (χ3v) is 1.95. The second-order valence-corrected chi connectivity index (χ2v) is 2.97. The monoisotopic (exact) mass is 191 g/mol. The number of amides is 1. The minimum atomic E-state index is -0.138. The van der Waals surface area contributed by atoms with E-state index in [-0.39, 0.29) is 11.9 Å². The first kappa shape index (κ1) is 10.3. The maximum Gasteiger partial charge on any atom is 0.254 e. The largest absolute Gasteiger partial charge is 0.348 e. The van der Waals surface area contributed by atoms with Gasteiger partial charge in [0.25, 0.3) is 5.91 Å². The van der Waals surface area contributed by atoms with Crippen LogP contribution in [-0.2, 0) is 0 Å². The highest BCUT2D eigenvalue weighted by atomic mass is 16.1. The molecule has 0 fully saturated rings. The summed E-state index contributed by atoms with van der Waals surface area (Å²) >= 11 is 0. The van der Waals surface area contributed by atoms with E-state index in [0.29, 0.717) is 12.0 Å². The SMILES string of the molecule is C#CCC(CC)NC(=O)c1cn[nH]c1. The molecule has 0 saturated carbocycles. The molecule has 0 radical (unpaired) electrons. The van der Waals surface area contributed by atoms with Crippen molar-refractivity contribution in [1.82, 2.24) is 15.5 Å². The molecule has 1 heterocycles. The lowest BCUT2D eigenvalue weighted by atomic mass is 10.1. The van der Waals surface area contributed by atoms with Gasteiger partial charge >= 0.3 is 0 Å². The van der Waals surface area contributed by atoms with Crippen LogP contribution in [0.2, 0.25) is 0 Å². The lowest BCUT2D eigenvalue weighted by molar-refractivity contribution is 0.0937. The second kappa shape index (κ2) is 5.07. The fourth-order valence-electron chi connectivity index (χ4n) is 1.08. The number of hydrogen-bond donors (Lipinski definition) is 2. The topological polar surface area (TPSA) is 57.8 Å². The van der Waals surface area contributed by atoms with Crippen molar-refractivity contribution in [2.75, 3.05) is 0 Å². The number of hydrogen-bond acceptors (Lipinski definition) is 2. The quantitative estimate of drug-likeness (QED) is 0.696. The summed E-state index contributed by atoms with van der Waals surface area (Å²) in [7, 11) is 0. The normalized spacial score (nSPS) is 11.7. The van der Waals surface area contributed by atoms with Crippen LogP contribution in [0.5, 0.6) is 0 Å². The molecule has 74 valence electrons. The molecular weight excluding hydrogens is 178 g/mol. The summed E-state index contributed by atoms with van der Waals surface area (Å²) in [5.74, 6) is 2.39. The fraction of sp³-hybridized carbons (Fsp3) is 0.400. The molecule has 4 heteroatoms.